The highest BCUT2D eigenvalue weighted by atomic mass is 16.5. The van der Waals surface area contributed by atoms with Crippen LogP contribution < -0.4 is 10.6 Å². The van der Waals surface area contributed by atoms with Gasteiger partial charge in [0.2, 0.25) is 0 Å². The summed E-state index contributed by atoms with van der Waals surface area (Å²) in [5, 5.41) is 14.9. The van der Waals surface area contributed by atoms with Crippen molar-refractivity contribution in [2.24, 2.45) is 11.3 Å². The molecule has 120 valence electrons. The van der Waals surface area contributed by atoms with Crippen LogP contribution in [0.25, 0.3) is 0 Å². The van der Waals surface area contributed by atoms with Crippen molar-refractivity contribution in [2.75, 3.05) is 6.61 Å². The molecule has 0 bridgehead atoms. The van der Waals surface area contributed by atoms with Gasteiger partial charge < -0.3 is 20.5 Å². The lowest BCUT2D eigenvalue weighted by Gasteiger charge is -2.51. The first-order valence-corrected chi connectivity index (χ1v) is 7.77. The van der Waals surface area contributed by atoms with Crippen LogP contribution in [0.4, 0.5) is 4.79 Å². The number of hydrogen-bond acceptors (Lipinski definition) is 3. The predicted octanol–water partition coefficient (Wildman–Crippen LogP) is 1.74. The van der Waals surface area contributed by atoms with E-state index in [1.807, 2.05) is 6.92 Å². The Hall–Kier alpha value is -1.30. The van der Waals surface area contributed by atoms with Gasteiger partial charge in [-0.1, -0.05) is 20.3 Å². The summed E-state index contributed by atoms with van der Waals surface area (Å²) in [6, 6.07) is -0.451. The van der Waals surface area contributed by atoms with Gasteiger partial charge in [0, 0.05) is 24.1 Å². The monoisotopic (exact) mass is 298 g/mol. The van der Waals surface area contributed by atoms with E-state index >= 15 is 0 Å². The lowest BCUT2D eigenvalue weighted by atomic mass is 9.64. The van der Waals surface area contributed by atoms with E-state index in [0.717, 1.165) is 19.3 Å². The maximum atomic E-state index is 12.1. The van der Waals surface area contributed by atoms with E-state index in [0.29, 0.717) is 13.0 Å². The van der Waals surface area contributed by atoms with Crippen LogP contribution in [0, 0.1) is 11.3 Å². The minimum Gasteiger partial charge on any atom is -0.481 e. The third-order valence-electron chi connectivity index (χ3n) is 5.00. The fraction of sp³-hybridized carbons (Fsp3) is 0.867. The fourth-order valence-corrected chi connectivity index (χ4v) is 3.41. The Labute approximate surface area is 125 Å². The van der Waals surface area contributed by atoms with Crippen LogP contribution in [0.5, 0.6) is 0 Å². The molecule has 0 radical (unpaired) electrons. The maximum absolute atomic E-state index is 12.1. The molecule has 2 rings (SSSR count). The summed E-state index contributed by atoms with van der Waals surface area (Å²) in [5.41, 5.74) is -0.0881. The first-order valence-electron chi connectivity index (χ1n) is 7.77. The Bertz CT molecular complexity index is 410. The number of carbonyl (C=O) groups is 2. The lowest BCUT2D eigenvalue weighted by molar-refractivity contribution is -0.142. The summed E-state index contributed by atoms with van der Waals surface area (Å²) in [4.78, 5) is 23.2. The van der Waals surface area contributed by atoms with E-state index < -0.39 is 11.9 Å². The van der Waals surface area contributed by atoms with Crippen LogP contribution in [-0.4, -0.2) is 41.9 Å². The highest BCUT2D eigenvalue weighted by Crippen LogP contribution is 2.42. The number of urea groups is 1. The third kappa shape index (κ3) is 3.31. The number of ether oxygens (including phenoxy) is 1. The summed E-state index contributed by atoms with van der Waals surface area (Å²) in [6.07, 6.45) is 3.21. The maximum Gasteiger partial charge on any atom is 0.315 e. The summed E-state index contributed by atoms with van der Waals surface area (Å²) < 4.78 is 5.64. The Kier molecular flexibility index (Phi) is 4.76. The normalized spacial score (nSPS) is 34.0. The second kappa shape index (κ2) is 6.22. The van der Waals surface area contributed by atoms with Crippen LogP contribution in [0.15, 0.2) is 0 Å². The second-order valence-corrected chi connectivity index (χ2v) is 6.65. The molecule has 21 heavy (non-hydrogen) atoms. The number of carbonyl (C=O) groups excluding carboxylic acids is 1. The molecule has 0 aromatic carbocycles. The van der Waals surface area contributed by atoms with Gasteiger partial charge in [0.25, 0.3) is 0 Å². The van der Waals surface area contributed by atoms with Crippen molar-refractivity contribution in [3.63, 3.8) is 0 Å². The lowest BCUT2D eigenvalue weighted by Crippen LogP contribution is -2.64. The van der Waals surface area contributed by atoms with Gasteiger partial charge >= 0.3 is 12.0 Å². The molecule has 0 aliphatic heterocycles. The number of hydrogen-bond donors (Lipinski definition) is 3. The number of nitrogens with one attached hydrogen (secondary N) is 2. The quantitative estimate of drug-likeness (QED) is 0.721. The summed E-state index contributed by atoms with van der Waals surface area (Å²) in [7, 11) is 0. The molecular weight excluding hydrogens is 272 g/mol. The zero-order valence-corrected chi connectivity index (χ0v) is 13.0. The molecule has 2 fully saturated rings. The fourth-order valence-electron chi connectivity index (χ4n) is 3.41. The highest BCUT2D eigenvalue weighted by Gasteiger charge is 2.49. The molecule has 0 saturated heterocycles. The molecule has 0 heterocycles. The molecule has 3 N–H and O–H groups in total. The summed E-state index contributed by atoms with van der Waals surface area (Å²) in [6.45, 7) is 6.81. The minimum atomic E-state index is -0.821. The number of amides is 2. The molecule has 4 unspecified atom stereocenters. The molecule has 0 spiro atoms. The average Bonchev–Trinajstić information content (AvgIpc) is 2.86. The zero-order valence-electron chi connectivity index (χ0n) is 13.0. The SMILES string of the molecule is CCOC1CC(NC(=O)NC2CCCC2C(=O)O)C1(C)C. The van der Waals surface area contributed by atoms with Crippen molar-refractivity contribution in [2.45, 2.75) is 64.6 Å². The van der Waals surface area contributed by atoms with Crippen molar-refractivity contribution in [1.82, 2.24) is 10.6 Å². The van der Waals surface area contributed by atoms with Gasteiger partial charge in [-0.25, -0.2) is 4.79 Å². The molecule has 2 saturated carbocycles. The first kappa shape index (κ1) is 16.1. The Morgan fingerprint density at radius 3 is 2.57 bits per heavy atom. The molecule has 0 aromatic heterocycles. The Balaban J connectivity index is 1.82. The molecule has 6 nitrogen and oxygen atoms in total. The van der Waals surface area contributed by atoms with E-state index in [9.17, 15) is 9.59 Å². The van der Waals surface area contributed by atoms with E-state index in [1.165, 1.54) is 0 Å². The third-order valence-corrected chi connectivity index (χ3v) is 5.00. The minimum absolute atomic E-state index is 0.0683. The van der Waals surface area contributed by atoms with Crippen LogP contribution >= 0.6 is 0 Å². The van der Waals surface area contributed by atoms with Crippen LogP contribution in [0.1, 0.15) is 46.5 Å². The van der Waals surface area contributed by atoms with Crippen LogP contribution in [0.3, 0.4) is 0 Å². The van der Waals surface area contributed by atoms with Crippen molar-refractivity contribution >= 4 is 12.0 Å². The van der Waals surface area contributed by atoms with Gasteiger partial charge in [-0.3, -0.25) is 4.79 Å². The average molecular weight is 298 g/mol. The topological polar surface area (TPSA) is 87.7 Å². The van der Waals surface area contributed by atoms with Crippen molar-refractivity contribution in [3.8, 4) is 0 Å². The number of carboxylic acids is 1. The van der Waals surface area contributed by atoms with Gasteiger partial charge in [0.1, 0.15) is 0 Å². The Morgan fingerprint density at radius 1 is 1.29 bits per heavy atom. The first-order chi connectivity index (χ1) is 9.86. The largest absolute Gasteiger partial charge is 0.481 e. The standard InChI is InChI=1S/C15H26N2O4/c1-4-21-12-8-11(15(12,2)3)17-14(20)16-10-7-5-6-9(10)13(18)19/h9-12H,4-8H2,1-3H3,(H,18,19)(H2,16,17,20). The van der Waals surface area contributed by atoms with E-state index in [4.69, 9.17) is 9.84 Å². The molecular formula is C15H26N2O4. The van der Waals surface area contributed by atoms with Gasteiger partial charge in [0.05, 0.1) is 12.0 Å². The van der Waals surface area contributed by atoms with Crippen molar-refractivity contribution in [1.29, 1.82) is 0 Å². The number of carboxylic acid groups (broad SMARTS) is 1. The summed E-state index contributed by atoms with van der Waals surface area (Å²) >= 11 is 0. The highest BCUT2D eigenvalue weighted by molar-refractivity contribution is 5.77. The van der Waals surface area contributed by atoms with Gasteiger partial charge in [-0.15, -0.1) is 0 Å². The number of aliphatic carboxylic acids is 1. The Morgan fingerprint density at radius 2 is 2.00 bits per heavy atom. The van der Waals surface area contributed by atoms with Gasteiger partial charge in [0.15, 0.2) is 0 Å². The second-order valence-electron chi connectivity index (χ2n) is 6.65. The summed E-state index contributed by atoms with van der Waals surface area (Å²) in [5.74, 6) is -1.28. The van der Waals surface area contributed by atoms with Crippen molar-refractivity contribution < 1.29 is 19.4 Å². The smallest absolute Gasteiger partial charge is 0.315 e. The van der Waals surface area contributed by atoms with Crippen LogP contribution in [0.2, 0.25) is 0 Å². The van der Waals surface area contributed by atoms with E-state index in [2.05, 4.69) is 24.5 Å². The van der Waals surface area contributed by atoms with Gasteiger partial charge in [-0.2, -0.15) is 0 Å². The van der Waals surface area contributed by atoms with Crippen molar-refractivity contribution in [3.05, 3.63) is 0 Å². The zero-order chi connectivity index (χ0) is 15.6. The predicted molar refractivity (Wildman–Crippen MR) is 78.0 cm³/mol. The van der Waals surface area contributed by atoms with Gasteiger partial charge in [-0.05, 0) is 26.2 Å². The number of rotatable bonds is 5. The molecule has 0 aromatic rings. The molecule has 6 heteroatoms. The van der Waals surface area contributed by atoms with E-state index in [1.54, 1.807) is 0 Å². The van der Waals surface area contributed by atoms with Crippen LogP contribution in [-0.2, 0) is 9.53 Å². The molecule has 2 aliphatic rings. The molecule has 2 aliphatic carbocycles. The molecule has 2 amide bonds. The molecule has 4 atom stereocenters. The van der Waals surface area contributed by atoms with E-state index in [-0.39, 0.29) is 29.6 Å².